The summed E-state index contributed by atoms with van der Waals surface area (Å²) in [4.78, 5) is 22.9. The Kier molecular flexibility index (Phi) is 4.50. The fourth-order valence-corrected chi connectivity index (χ4v) is 0.670. The lowest BCUT2D eigenvalue weighted by Gasteiger charge is -2.22. The molecule has 0 aliphatic heterocycles. The van der Waals surface area contributed by atoms with Crippen LogP contribution in [0.25, 0.3) is 0 Å². The first kappa shape index (κ1) is 12.3. The van der Waals surface area contributed by atoms with Crippen LogP contribution in [0.1, 0.15) is 13.8 Å². The molecule has 0 rings (SSSR count). The summed E-state index contributed by atoms with van der Waals surface area (Å²) in [5, 5.41) is 11.1. The van der Waals surface area contributed by atoms with E-state index in [1.165, 1.54) is 14.0 Å². The molecular formula is C9H14N2O3. The molecule has 0 spiro atoms. The van der Waals surface area contributed by atoms with Gasteiger partial charge in [-0.05, 0) is 13.8 Å². The van der Waals surface area contributed by atoms with Gasteiger partial charge in [-0.15, -0.1) is 6.42 Å². The Bertz CT molecular complexity index is 270. The standard InChI is InChI=1S/C9H14N2O3/c1-5-6(2)10-9(14)11(4)7(3)8(12)13/h1,6-7H,2-4H3,(H,10,14)(H,12,13). The van der Waals surface area contributed by atoms with Crippen molar-refractivity contribution in [3.05, 3.63) is 0 Å². The van der Waals surface area contributed by atoms with Crippen LogP contribution in [0.3, 0.4) is 0 Å². The van der Waals surface area contributed by atoms with E-state index in [2.05, 4.69) is 11.2 Å². The summed E-state index contributed by atoms with van der Waals surface area (Å²) >= 11 is 0. The highest BCUT2D eigenvalue weighted by Crippen LogP contribution is 1.96. The van der Waals surface area contributed by atoms with E-state index in [9.17, 15) is 9.59 Å². The summed E-state index contributed by atoms with van der Waals surface area (Å²) in [5.41, 5.74) is 0. The van der Waals surface area contributed by atoms with Crippen LogP contribution in [0.4, 0.5) is 4.79 Å². The minimum atomic E-state index is -1.06. The zero-order chi connectivity index (χ0) is 11.3. The molecule has 14 heavy (non-hydrogen) atoms. The van der Waals surface area contributed by atoms with Crippen LogP contribution in [-0.4, -0.2) is 41.1 Å². The van der Waals surface area contributed by atoms with Gasteiger partial charge in [0.05, 0.1) is 6.04 Å². The minimum Gasteiger partial charge on any atom is -0.480 e. The molecule has 0 saturated carbocycles. The summed E-state index contributed by atoms with van der Waals surface area (Å²) in [6, 6.07) is -1.78. The number of hydrogen-bond acceptors (Lipinski definition) is 2. The summed E-state index contributed by atoms with van der Waals surface area (Å²) in [6.07, 6.45) is 5.06. The number of aliphatic carboxylic acids is 1. The number of carboxylic acid groups (broad SMARTS) is 1. The second-order valence-corrected chi connectivity index (χ2v) is 2.96. The molecule has 2 atom stereocenters. The van der Waals surface area contributed by atoms with Crippen molar-refractivity contribution >= 4 is 12.0 Å². The van der Waals surface area contributed by atoms with Crippen molar-refractivity contribution < 1.29 is 14.7 Å². The van der Waals surface area contributed by atoms with Crippen LogP contribution < -0.4 is 5.32 Å². The summed E-state index contributed by atoms with van der Waals surface area (Å²) in [5.74, 6) is 1.25. The number of nitrogens with one attached hydrogen (secondary N) is 1. The van der Waals surface area contributed by atoms with E-state index in [1.807, 2.05) is 0 Å². The number of urea groups is 1. The molecule has 78 valence electrons. The third-order valence-electron chi connectivity index (χ3n) is 1.85. The van der Waals surface area contributed by atoms with Crippen LogP contribution in [0.15, 0.2) is 0 Å². The maximum absolute atomic E-state index is 11.3. The molecule has 2 amide bonds. The molecular weight excluding hydrogens is 184 g/mol. The maximum atomic E-state index is 11.3. The Balaban J connectivity index is 4.27. The van der Waals surface area contributed by atoms with E-state index >= 15 is 0 Å². The average molecular weight is 198 g/mol. The smallest absolute Gasteiger partial charge is 0.326 e. The van der Waals surface area contributed by atoms with Crippen LogP contribution in [0, 0.1) is 12.3 Å². The average Bonchev–Trinajstić information content (AvgIpc) is 2.14. The van der Waals surface area contributed by atoms with Crippen molar-refractivity contribution in [3.63, 3.8) is 0 Å². The van der Waals surface area contributed by atoms with Gasteiger partial charge in [0.2, 0.25) is 0 Å². The molecule has 0 aromatic carbocycles. The number of carbonyl (C=O) groups excluding carboxylic acids is 1. The molecule has 0 radical (unpaired) electrons. The number of hydrogen-bond donors (Lipinski definition) is 2. The topological polar surface area (TPSA) is 69.6 Å². The van der Waals surface area contributed by atoms with Gasteiger partial charge in [0.15, 0.2) is 0 Å². The van der Waals surface area contributed by atoms with E-state index in [1.54, 1.807) is 6.92 Å². The molecule has 0 heterocycles. The first-order valence-electron chi connectivity index (χ1n) is 4.12. The van der Waals surface area contributed by atoms with Gasteiger partial charge in [-0.2, -0.15) is 0 Å². The van der Waals surface area contributed by atoms with E-state index in [0.717, 1.165) is 4.90 Å². The lowest BCUT2D eigenvalue weighted by molar-refractivity contribution is -0.141. The van der Waals surface area contributed by atoms with E-state index in [0.29, 0.717) is 0 Å². The van der Waals surface area contributed by atoms with Gasteiger partial charge in [-0.1, -0.05) is 5.92 Å². The fraction of sp³-hybridized carbons (Fsp3) is 0.556. The van der Waals surface area contributed by atoms with Crippen molar-refractivity contribution in [2.75, 3.05) is 7.05 Å². The second-order valence-electron chi connectivity index (χ2n) is 2.96. The van der Waals surface area contributed by atoms with Crippen LogP contribution in [0.5, 0.6) is 0 Å². The molecule has 0 bridgehead atoms. The minimum absolute atomic E-state index is 0.411. The Labute approximate surface area is 83.1 Å². The van der Waals surface area contributed by atoms with Gasteiger partial charge in [-0.3, -0.25) is 0 Å². The Morgan fingerprint density at radius 3 is 2.36 bits per heavy atom. The van der Waals surface area contributed by atoms with Crippen molar-refractivity contribution in [1.82, 2.24) is 10.2 Å². The number of terminal acetylenes is 1. The second kappa shape index (κ2) is 5.12. The molecule has 0 aromatic heterocycles. The van der Waals surface area contributed by atoms with Gasteiger partial charge < -0.3 is 15.3 Å². The van der Waals surface area contributed by atoms with Crippen molar-refractivity contribution in [1.29, 1.82) is 0 Å². The Hall–Kier alpha value is -1.70. The molecule has 0 aliphatic carbocycles. The third kappa shape index (κ3) is 3.35. The van der Waals surface area contributed by atoms with Crippen LogP contribution in [0.2, 0.25) is 0 Å². The number of carboxylic acids is 1. The monoisotopic (exact) mass is 198 g/mol. The summed E-state index contributed by atoms with van der Waals surface area (Å²) in [6.45, 7) is 3.06. The van der Waals surface area contributed by atoms with E-state index < -0.39 is 24.1 Å². The Morgan fingerprint density at radius 2 is 2.00 bits per heavy atom. The quantitative estimate of drug-likeness (QED) is 0.633. The normalized spacial score (nSPS) is 13.6. The molecule has 5 heteroatoms. The predicted molar refractivity (Wildman–Crippen MR) is 51.7 cm³/mol. The number of rotatable bonds is 3. The zero-order valence-electron chi connectivity index (χ0n) is 8.44. The van der Waals surface area contributed by atoms with Gasteiger partial charge in [0.25, 0.3) is 0 Å². The largest absolute Gasteiger partial charge is 0.480 e. The number of carbonyl (C=O) groups is 2. The maximum Gasteiger partial charge on any atom is 0.326 e. The lowest BCUT2D eigenvalue weighted by atomic mass is 10.3. The highest BCUT2D eigenvalue weighted by molar-refractivity contribution is 5.82. The van der Waals surface area contributed by atoms with Gasteiger partial charge in [-0.25, -0.2) is 9.59 Å². The molecule has 0 aromatic rings. The zero-order valence-corrected chi connectivity index (χ0v) is 8.44. The highest BCUT2D eigenvalue weighted by Gasteiger charge is 2.21. The van der Waals surface area contributed by atoms with Gasteiger partial charge in [0.1, 0.15) is 6.04 Å². The van der Waals surface area contributed by atoms with Crippen molar-refractivity contribution in [2.24, 2.45) is 0 Å². The SMILES string of the molecule is C#CC(C)NC(=O)N(C)C(C)C(=O)O. The fourth-order valence-electron chi connectivity index (χ4n) is 0.670. The van der Waals surface area contributed by atoms with Crippen molar-refractivity contribution in [2.45, 2.75) is 25.9 Å². The highest BCUT2D eigenvalue weighted by atomic mass is 16.4. The number of likely N-dealkylation sites (N-methyl/N-ethyl adjacent to an activating group) is 1. The molecule has 0 fully saturated rings. The summed E-state index contributed by atoms with van der Waals surface area (Å²) < 4.78 is 0. The van der Waals surface area contributed by atoms with Crippen molar-refractivity contribution in [3.8, 4) is 12.3 Å². The molecule has 2 unspecified atom stereocenters. The van der Waals surface area contributed by atoms with Gasteiger partial charge in [0, 0.05) is 7.05 Å². The third-order valence-corrected chi connectivity index (χ3v) is 1.85. The van der Waals surface area contributed by atoms with Crippen LogP contribution >= 0.6 is 0 Å². The molecule has 5 nitrogen and oxygen atoms in total. The van der Waals surface area contributed by atoms with E-state index in [-0.39, 0.29) is 0 Å². The number of nitrogens with zero attached hydrogens (tertiary/aromatic N) is 1. The Morgan fingerprint density at radius 1 is 1.50 bits per heavy atom. The van der Waals surface area contributed by atoms with Crippen LogP contribution in [-0.2, 0) is 4.79 Å². The lowest BCUT2D eigenvalue weighted by Crippen LogP contribution is -2.47. The molecule has 0 saturated heterocycles. The molecule has 0 aliphatic rings. The van der Waals surface area contributed by atoms with Gasteiger partial charge >= 0.3 is 12.0 Å². The molecule has 2 N–H and O–H groups in total. The predicted octanol–water partition coefficient (Wildman–Crippen LogP) is 0.123. The van der Waals surface area contributed by atoms with E-state index in [4.69, 9.17) is 11.5 Å². The number of amides is 2. The summed E-state index contributed by atoms with van der Waals surface area (Å²) in [7, 11) is 1.40. The first-order chi connectivity index (χ1) is 6.40. The first-order valence-corrected chi connectivity index (χ1v) is 4.12.